The fraction of sp³-hybridized carbons (Fsp3) is 0.179. The molecule has 1 aliphatic heterocycles. The molecule has 3 N–H and O–H groups in total. The smallest absolute Gasteiger partial charge is 0.298 e. The summed E-state index contributed by atoms with van der Waals surface area (Å²) in [6.07, 6.45) is 1.38. The van der Waals surface area contributed by atoms with Gasteiger partial charge in [0, 0.05) is 55.2 Å². The fourth-order valence-electron chi connectivity index (χ4n) is 4.15. The second-order valence-corrected chi connectivity index (χ2v) is 8.75. The molecule has 0 bridgehead atoms. The zero-order chi connectivity index (χ0) is 24.9. The number of carbonyl (C=O) groups is 2. The number of benzene rings is 3. The number of nitrogens with one attached hydrogen (secondary N) is 1. The molecule has 0 atom stereocenters. The van der Waals surface area contributed by atoms with Crippen molar-refractivity contribution in [3.63, 3.8) is 0 Å². The summed E-state index contributed by atoms with van der Waals surface area (Å²) in [5.74, 6) is -0.300. The van der Waals surface area contributed by atoms with E-state index in [1.807, 2.05) is 59.5 Å². The van der Waals surface area contributed by atoms with E-state index in [4.69, 9.17) is 10.2 Å². The molecule has 3 aromatic carbocycles. The molecule has 1 aromatic heterocycles. The lowest BCUT2D eigenvalue weighted by Crippen LogP contribution is -2.46. The highest BCUT2D eigenvalue weighted by Gasteiger charge is 2.22. The van der Waals surface area contributed by atoms with E-state index < -0.39 is 0 Å². The van der Waals surface area contributed by atoms with E-state index >= 15 is 0 Å². The first-order valence-corrected chi connectivity index (χ1v) is 11.8. The minimum Gasteiger partial charge on any atom is -0.431 e. The van der Waals surface area contributed by atoms with Crippen molar-refractivity contribution in [3.05, 3.63) is 108 Å². The topological polar surface area (TPSA) is 105 Å². The molecule has 8 heteroatoms. The fourth-order valence-corrected chi connectivity index (χ4v) is 4.15. The van der Waals surface area contributed by atoms with Gasteiger partial charge in [0.05, 0.1) is 0 Å². The Morgan fingerprint density at radius 2 is 1.53 bits per heavy atom. The number of carbonyl (C=O) groups excluding carboxylic acids is 2. The maximum atomic E-state index is 12.6. The Balaban J connectivity index is 1.12. The normalized spacial score (nSPS) is 13.9. The van der Waals surface area contributed by atoms with Gasteiger partial charge in [0.1, 0.15) is 6.26 Å². The molecule has 1 saturated heterocycles. The molecule has 4 aromatic rings. The van der Waals surface area contributed by atoms with Crippen LogP contribution in [0.3, 0.4) is 0 Å². The molecule has 5 rings (SSSR count). The molecule has 1 fully saturated rings. The molecule has 8 nitrogen and oxygen atoms in total. The first-order valence-electron chi connectivity index (χ1n) is 11.8. The van der Waals surface area contributed by atoms with Gasteiger partial charge in [0.2, 0.25) is 0 Å². The Labute approximate surface area is 209 Å². The van der Waals surface area contributed by atoms with Crippen LogP contribution in [0.5, 0.6) is 0 Å². The molecule has 36 heavy (non-hydrogen) atoms. The Morgan fingerprint density at radius 3 is 2.22 bits per heavy atom. The summed E-state index contributed by atoms with van der Waals surface area (Å²) in [7, 11) is 0. The monoisotopic (exact) mass is 481 g/mol. The molecular formula is C28H27N5O3. The van der Waals surface area contributed by atoms with Gasteiger partial charge < -0.3 is 20.4 Å². The third-order valence-electron chi connectivity index (χ3n) is 6.19. The van der Waals surface area contributed by atoms with Gasteiger partial charge in [0.15, 0.2) is 11.5 Å². The standard InChI is InChI=1S/C28H27N5O3/c29-23-10-12-24(13-11-23)30-27(35)25-19-36-28(31-25)33-16-14-32(15-17-33)18-20-6-8-22(9-7-20)26(34)21-4-2-1-3-5-21/h1-13,19H,14-18,29H2,(H,30,35). The zero-order valence-corrected chi connectivity index (χ0v) is 19.8. The predicted molar refractivity (Wildman–Crippen MR) is 139 cm³/mol. The summed E-state index contributed by atoms with van der Waals surface area (Å²) in [4.78, 5) is 33.9. The van der Waals surface area contributed by atoms with E-state index in [1.54, 1.807) is 24.3 Å². The highest BCUT2D eigenvalue weighted by Crippen LogP contribution is 2.19. The highest BCUT2D eigenvalue weighted by molar-refractivity contribution is 6.09. The number of hydrogen-bond acceptors (Lipinski definition) is 7. The molecule has 182 valence electrons. The van der Waals surface area contributed by atoms with Gasteiger partial charge in [-0.3, -0.25) is 14.5 Å². The number of amides is 1. The Hall–Kier alpha value is -4.43. The van der Waals surface area contributed by atoms with E-state index in [0.29, 0.717) is 28.5 Å². The highest BCUT2D eigenvalue weighted by atomic mass is 16.4. The summed E-state index contributed by atoms with van der Waals surface area (Å²) >= 11 is 0. The predicted octanol–water partition coefficient (Wildman–Crippen LogP) is 4.06. The summed E-state index contributed by atoms with van der Waals surface area (Å²) < 4.78 is 5.59. The van der Waals surface area contributed by atoms with Gasteiger partial charge >= 0.3 is 0 Å². The van der Waals surface area contributed by atoms with Gasteiger partial charge in [-0.2, -0.15) is 4.98 Å². The number of ketones is 1. The number of anilines is 3. The molecule has 2 heterocycles. The third-order valence-corrected chi connectivity index (χ3v) is 6.19. The van der Waals surface area contributed by atoms with E-state index in [-0.39, 0.29) is 17.4 Å². The van der Waals surface area contributed by atoms with Crippen LogP contribution in [0, 0.1) is 0 Å². The number of aromatic nitrogens is 1. The number of nitrogens with two attached hydrogens (primary N) is 1. The van der Waals surface area contributed by atoms with Crippen LogP contribution in [-0.4, -0.2) is 47.8 Å². The largest absolute Gasteiger partial charge is 0.431 e. The van der Waals surface area contributed by atoms with Crippen molar-refractivity contribution < 1.29 is 14.0 Å². The average Bonchev–Trinajstić information content (AvgIpc) is 3.42. The second kappa shape index (κ2) is 10.5. The number of piperazine rings is 1. The van der Waals surface area contributed by atoms with Crippen LogP contribution >= 0.6 is 0 Å². The van der Waals surface area contributed by atoms with Gasteiger partial charge in [0.25, 0.3) is 11.9 Å². The molecule has 1 aliphatic rings. The van der Waals surface area contributed by atoms with Crippen molar-refractivity contribution in [2.75, 3.05) is 42.1 Å². The lowest BCUT2D eigenvalue weighted by molar-refractivity contribution is 0.101. The molecule has 1 amide bonds. The minimum atomic E-state index is -0.331. The van der Waals surface area contributed by atoms with Crippen molar-refractivity contribution in [1.82, 2.24) is 9.88 Å². The van der Waals surface area contributed by atoms with E-state index in [9.17, 15) is 9.59 Å². The molecule has 0 radical (unpaired) electrons. The number of hydrogen-bond donors (Lipinski definition) is 2. The van der Waals surface area contributed by atoms with Crippen LogP contribution < -0.4 is 16.0 Å². The van der Waals surface area contributed by atoms with Gasteiger partial charge in [-0.1, -0.05) is 54.6 Å². The van der Waals surface area contributed by atoms with E-state index in [0.717, 1.165) is 38.3 Å². The van der Waals surface area contributed by atoms with Crippen molar-refractivity contribution in [3.8, 4) is 0 Å². The minimum absolute atomic E-state index is 0.0308. The van der Waals surface area contributed by atoms with Gasteiger partial charge in [-0.25, -0.2) is 0 Å². The van der Waals surface area contributed by atoms with Crippen molar-refractivity contribution in [1.29, 1.82) is 0 Å². The average molecular weight is 482 g/mol. The maximum Gasteiger partial charge on any atom is 0.298 e. The second-order valence-electron chi connectivity index (χ2n) is 8.75. The van der Waals surface area contributed by atoms with Crippen LogP contribution in [0.2, 0.25) is 0 Å². The first kappa shape index (κ1) is 23.3. The van der Waals surface area contributed by atoms with Gasteiger partial charge in [-0.15, -0.1) is 0 Å². The summed E-state index contributed by atoms with van der Waals surface area (Å²) in [5, 5.41) is 2.79. The lowest BCUT2D eigenvalue weighted by Gasteiger charge is -2.33. The Bertz CT molecular complexity index is 1330. The zero-order valence-electron chi connectivity index (χ0n) is 19.8. The number of nitrogen functional groups attached to an aromatic ring is 1. The molecule has 0 saturated carbocycles. The van der Waals surface area contributed by atoms with Gasteiger partial charge in [-0.05, 0) is 29.8 Å². The molecular weight excluding hydrogens is 454 g/mol. The van der Waals surface area contributed by atoms with Crippen LogP contribution in [0.4, 0.5) is 17.4 Å². The van der Waals surface area contributed by atoms with Crippen LogP contribution in [0.1, 0.15) is 32.0 Å². The maximum absolute atomic E-state index is 12.6. The first-order chi connectivity index (χ1) is 17.5. The summed E-state index contributed by atoms with van der Waals surface area (Å²) in [6.45, 7) is 3.95. The lowest BCUT2D eigenvalue weighted by atomic mass is 10.0. The Morgan fingerprint density at radius 1 is 0.861 bits per heavy atom. The number of rotatable bonds is 7. The van der Waals surface area contributed by atoms with E-state index in [1.165, 1.54) is 6.26 Å². The summed E-state index contributed by atoms with van der Waals surface area (Å²) in [6, 6.07) is 24.5. The molecule has 0 unspecified atom stereocenters. The van der Waals surface area contributed by atoms with Crippen LogP contribution in [0.15, 0.2) is 89.5 Å². The Kier molecular flexibility index (Phi) is 6.77. The van der Waals surface area contributed by atoms with Crippen molar-refractivity contribution in [2.24, 2.45) is 0 Å². The molecule has 0 aliphatic carbocycles. The molecule has 0 spiro atoms. The van der Waals surface area contributed by atoms with Crippen LogP contribution in [-0.2, 0) is 6.54 Å². The SMILES string of the molecule is Nc1ccc(NC(=O)c2coc(N3CCN(Cc4ccc(C(=O)c5ccccc5)cc4)CC3)n2)cc1. The number of nitrogens with zero attached hydrogens (tertiary/aromatic N) is 3. The quantitative estimate of drug-likeness (QED) is 0.303. The summed E-state index contributed by atoms with van der Waals surface area (Å²) in [5.41, 5.74) is 9.73. The number of oxazole rings is 1. The third kappa shape index (κ3) is 5.45. The van der Waals surface area contributed by atoms with Crippen molar-refractivity contribution >= 4 is 29.1 Å². The van der Waals surface area contributed by atoms with Crippen LogP contribution in [0.25, 0.3) is 0 Å². The van der Waals surface area contributed by atoms with E-state index in [2.05, 4.69) is 15.2 Å². The van der Waals surface area contributed by atoms with Crippen molar-refractivity contribution in [2.45, 2.75) is 6.54 Å².